The van der Waals surface area contributed by atoms with Crippen LogP contribution in [0.3, 0.4) is 0 Å². The molecule has 0 aromatic heterocycles. The van der Waals surface area contributed by atoms with E-state index in [-0.39, 0.29) is 26.2 Å². The Morgan fingerprint density at radius 3 is 1.83 bits per heavy atom. The van der Waals surface area contributed by atoms with Gasteiger partial charge in [-0.05, 0) is 38.5 Å². The molecule has 0 rings (SSSR count). The molecule has 8 nitrogen and oxygen atoms in total. The number of unbranched alkanes of at least 4 members (excludes halogenated alkanes) is 13. The van der Waals surface area contributed by atoms with Crippen molar-refractivity contribution in [1.82, 2.24) is 0 Å². The number of ether oxygens (including phenoxy) is 2. The second-order valence-electron chi connectivity index (χ2n) is 12.1. The van der Waals surface area contributed by atoms with Crippen molar-refractivity contribution in [2.75, 3.05) is 54.1 Å². The number of allylic oxidation sites excluding steroid dienone is 4. The Morgan fingerprint density at radius 2 is 1.29 bits per heavy atom. The number of likely N-dealkylation sites (N-methyl/N-ethyl adjacent to an activating group) is 1. The van der Waals surface area contributed by atoms with E-state index in [1.54, 1.807) is 6.92 Å². The lowest BCUT2D eigenvalue weighted by Gasteiger charge is -2.28. The first-order valence-electron chi connectivity index (χ1n) is 16.6. The number of hydrogen-bond donors (Lipinski definition) is 0. The van der Waals surface area contributed by atoms with E-state index in [0.717, 1.165) is 19.3 Å². The van der Waals surface area contributed by atoms with Crippen LogP contribution in [0.5, 0.6) is 0 Å². The monoisotopic (exact) mass is 617 g/mol. The smallest absolute Gasteiger partial charge is 0.305 e. The van der Waals surface area contributed by atoms with Crippen LogP contribution in [0.15, 0.2) is 24.3 Å². The standard InChI is InChI=1S/C33H64NO7P/c1-6-8-9-10-11-12-13-14-15-16-17-18-19-20-21-22-23-24-25-26-28-38-30-32(41-33(35)7-2)31-40-42(36,37)39-29-27-34(3,4)5/h11-12,14-15,32H,6-10,13,16-31H2,1-5H3/b12-11-,15-14-. The molecule has 0 aromatic rings. The molecule has 0 spiro atoms. The molecule has 0 aliphatic carbocycles. The summed E-state index contributed by atoms with van der Waals surface area (Å²) in [6, 6.07) is 0. The van der Waals surface area contributed by atoms with Gasteiger partial charge in [-0.3, -0.25) is 9.36 Å². The minimum atomic E-state index is -4.48. The van der Waals surface area contributed by atoms with E-state index in [1.807, 2.05) is 21.1 Å². The lowest BCUT2D eigenvalue weighted by atomic mass is 10.1. The Bertz CT molecular complexity index is 736. The predicted octanol–water partition coefficient (Wildman–Crippen LogP) is 7.91. The van der Waals surface area contributed by atoms with Crippen LogP contribution < -0.4 is 4.89 Å². The molecule has 0 bridgehead atoms. The van der Waals surface area contributed by atoms with E-state index in [2.05, 4.69) is 31.2 Å². The average molecular weight is 618 g/mol. The lowest BCUT2D eigenvalue weighted by Crippen LogP contribution is -2.37. The van der Waals surface area contributed by atoms with E-state index in [0.29, 0.717) is 17.6 Å². The Labute approximate surface area is 258 Å². The highest BCUT2D eigenvalue weighted by Crippen LogP contribution is 2.38. The third kappa shape index (κ3) is 30.4. The molecule has 0 fully saturated rings. The van der Waals surface area contributed by atoms with Gasteiger partial charge in [0.25, 0.3) is 7.82 Å². The predicted molar refractivity (Wildman–Crippen MR) is 171 cm³/mol. The molecule has 0 saturated carbocycles. The minimum Gasteiger partial charge on any atom is -0.756 e. The minimum absolute atomic E-state index is 0.0236. The van der Waals surface area contributed by atoms with Crippen LogP contribution in [0.1, 0.15) is 123 Å². The van der Waals surface area contributed by atoms with Crippen molar-refractivity contribution < 1.29 is 37.3 Å². The molecule has 0 N–H and O–H groups in total. The van der Waals surface area contributed by atoms with Gasteiger partial charge in [0, 0.05) is 13.0 Å². The third-order valence-corrected chi connectivity index (χ3v) is 7.77. The number of phosphoric acid groups is 1. The van der Waals surface area contributed by atoms with Crippen molar-refractivity contribution in [3.05, 3.63) is 24.3 Å². The number of carbonyl (C=O) groups excluding carboxylic acids is 1. The summed E-state index contributed by atoms with van der Waals surface area (Å²) in [5.41, 5.74) is 0. The highest BCUT2D eigenvalue weighted by molar-refractivity contribution is 7.45. The first-order valence-corrected chi connectivity index (χ1v) is 18.0. The summed E-state index contributed by atoms with van der Waals surface area (Å²) in [6.45, 7) is 4.79. The van der Waals surface area contributed by atoms with Crippen LogP contribution in [0.4, 0.5) is 0 Å². The Morgan fingerprint density at radius 1 is 0.738 bits per heavy atom. The highest BCUT2D eigenvalue weighted by atomic mass is 31.2. The van der Waals surface area contributed by atoms with Gasteiger partial charge < -0.3 is 27.9 Å². The Balaban J connectivity index is 3.77. The summed E-state index contributed by atoms with van der Waals surface area (Å²) in [5, 5.41) is 0. The normalized spacial score (nSPS) is 14.5. The first kappa shape index (κ1) is 41.0. The van der Waals surface area contributed by atoms with Crippen LogP contribution in [0.2, 0.25) is 0 Å². The van der Waals surface area contributed by atoms with Crippen molar-refractivity contribution in [3.8, 4) is 0 Å². The zero-order valence-electron chi connectivity index (χ0n) is 27.7. The molecular weight excluding hydrogens is 553 g/mol. The summed E-state index contributed by atoms with van der Waals surface area (Å²) in [5.74, 6) is -0.424. The van der Waals surface area contributed by atoms with E-state index >= 15 is 0 Å². The van der Waals surface area contributed by atoms with Gasteiger partial charge in [0.15, 0.2) is 0 Å². The van der Waals surface area contributed by atoms with Crippen molar-refractivity contribution in [3.63, 3.8) is 0 Å². The molecule has 0 aromatic carbocycles. The largest absolute Gasteiger partial charge is 0.756 e. The molecule has 2 unspecified atom stereocenters. The maximum Gasteiger partial charge on any atom is 0.305 e. The zero-order valence-corrected chi connectivity index (χ0v) is 28.6. The van der Waals surface area contributed by atoms with Crippen LogP contribution in [-0.4, -0.2) is 70.7 Å². The second kappa shape index (κ2) is 27.5. The van der Waals surface area contributed by atoms with Crippen LogP contribution in [0.25, 0.3) is 0 Å². The molecule has 0 saturated heterocycles. The van der Waals surface area contributed by atoms with E-state index in [9.17, 15) is 14.3 Å². The molecule has 0 aliphatic heterocycles. The van der Waals surface area contributed by atoms with Crippen molar-refractivity contribution in [2.45, 2.75) is 129 Å². The number of phosphoric ester groups is 1. The van der Waals surface area contributed by atoms with Gasteiger partial charge in [0.1, 0.15) is 19.3 Å². The summed E-state index contributed by atoms with van der Waals surface area (Å²) >= 11 is 0. The average Bonchev–Trinajstić information content (AvgIpc) is 2.93. The lowest BCUT2D eigenvalue weighted by molar-refractivity contribution is -0.870. The molecule has 2 atom stereocenters. The van der Waals surface area contributed by atoms with Gasteiger partial charge in [-0.1, -0.05) is 102 Å². The summed E-state index contributed by atoms with van der Waals surface area (Å²) in [4.78, 5) is 23.8. The number of quaternary nitrogens is 1. The number of esters is 1. The van der Waals surface area contributed by atoms with E-state index in [1.165, 1.54) is 83.5 Å². The van der Waals surface area contributed by atoms with Crippen LogP contribution >= 0.6 is 7.82 Å². The summed E-state index contributed by atoms with van der Waals surface area (Å²) < 4.78 is 33.4. The number of nitrogens with zero attached hydrogens (tertiary/aromatic N) is 1. The highest BCUT2D eigenvalue weighted by Gasteiger charge is 2.19. The van der Waals surface area contributed by atoms with Gasteiger partial charge in [0.05, 0.1) is 34.4 Å². The fourth-order valence-electron chi connectivity index (χ4n) is 4.14. The van der Waals surface area contributed by atoms with Crippen LogP contribution in [0, 0.1) is 0 Å². The first-order chi connectivity index (χ1) is 20.1. The quantitative estimate of drug-likeness (QED) is 0.0266. The van der Waals surface area contributed by atoms with Gasteiger partial charge in [-0.25, -0.2) is 0 Å². The topological polar surface area (TPSA) is 94.1 Å². The van der Waals surface area contributed by atoms with Crippen molar-refractivity contribution in [2.24, 2.45) is 0 Å². The van der Waals surface area contributed by atoms with Crippen molar-refractivity contribution >= 4 is 13.8 Å². The van der Waals surface area contributed by atoms with Crippen LogP contribution in [-0.2, 0) is 27.9 Å². The number of hydrogen-bond acceptors (Lipinski definition) is 7. The summed E-state index contributed by atoms with van der Waals surface area (Å²) in [6.07, 6.45) is 28.4. The fourth-order valence-corrected chi connectivity index (χ4v) is 4.87. The molecule has 0 aliphatic rings. The molecule has 42 heavy (non-hydrogen) atoms. The maximum atomic E-state index is 12.0. The molecule has 248 valence electrons. The molecule has 0 amide bonds. The van der Waals surface area contributed by atoms with Gasteiger partial charge >= 0.3 is 5.97 Å². The van der Waals surface area contributed by atoms with E-state index in [4.69, 9.17) is 18.5 Å². The molecule has 0 heterocycles. The maximum absolute atomic E-state index is 12.0. The number of carbonyl (C=O) groups is 1. The SMILES string of the molecule is CCCCC/C=C\C/C=C\CCCCCCCCCCCCOCC(COP(=O)([O-])OCC[N+](C)(C)C)OC(=O)CC. The Hall–Kier alpha value is -1.02. The van der Waals surface area contributed by atoms with Gasteiger partial charge in [-0.15, -0.1) is 0 Å². The zero-order chi connectivity index (χ0) is 31.4. The van der Waals surface area contributed by atoms with E-state index < -0.39 is 19.9 Å². The third-order valence-electron chi connectivity index (χ3n) is 6.81. The second-order valence-corrected chi connectivity index (χ2v) is 13.5. The van der Waals surface area contributed by atoms with Crippen molar-refractivity contribution in [1.29, 1.82) is 0 Å². The molecule has 9 heteroatoms. The fraction of sp³-hybridized carbons (Fsp3) is 0.848. The van der Waals surface area contributed by atoms with Gasteiger partial charge in [0.2, 0.25) is 0 Å². The summed E-state index contributed by atoms with van der Waals surface area (Å²) in [7, 11) is 1.34. The molecular formula is C33H64NO7P. The Kier molecular flexibility index (Phi) is 26.9. The molecule has 0 radical (unpaired) electrons. The number of rotatable bonds is 30. The van der Waals surface area contributed by atoms with Gasteiger partial charge in [-0.2, -0.15) is 0 Å².